The van der Waals surface area contributed by atoms with Crippen LogP contribution < -0.4 is 0 Å². The number of nitrogens with zero attached hydrogens (tertiary/aromatic N) is 3. The van der Waals surface area contributed by atoms with E-state index >= 15 is 0 Å². The zero-order valence-electron chi connectivity index (χ0n) is 13.3. The Balaban J connectivity index is 1.56. The van der Waals surface area contributed by atoms with Crippen LogP contribution in [0.5, 0.6) is 0 Å². The molecule has 3 rings (SSSR count). The van der Waals surface area contributed by atoms with Crippen LogP contribution in [0, 0.1) is 12.8 Å². The quantitative estimate of drug-likeness (QED) is 0.895. The van der Waals surface area contributed by atoms with Crippen LogP contribution in [0.2, 0.25) is 0 Å². The molecule has 0 radical (unpaired) electrons. The lowest BCUT2D eigenvalue weighted by Crippen LogP contribution is -2.43. The van der Waals surface area contributed by atoms with Gasteiger partial charge in [-0.1, -0.05) is 0 Å². The molecule has 1 aromatic heterocycles. The maximum absolute atomic E-state index is 12.7. The van der Waals surface area contributed by atoms with Gasteiger partial charge in [-0.25, -0.2) is 0 Å². The first-order chi connectivity index (χ1) is 10.6. The average molecular weight is 304 g/mol. The predicted octanol–water partition coefficient (Wildman–Crippen LogP) is 1.29. The highest BCUT2D eigenvalue weighted by Gasteiger charge is 2.34. The molecule has 6 nitrogen and oxygen atoms in total. The van der Waals surface area contributed by atoms with Crippen molar-refractivity contribution in [2.45, 2.75) is 39.0 Å². The molecule has 1 atom stereocenters. The summed E-state index contributed by atoms with van der Waals surface area (Å²) in [5.41, 5.74) is 2.34. The molecule has 0 aliphatic carbocycles. The van der Waals surface area contributed by atoms with Gasteiger partial charge in [0.2, 0.25) is 11.8 Å². The van der Waals surface area contributed by atoms with Crippen LogP contribution in [-0.2, 0) is 9.59 Å². The summed E-state index contributed by atoms with van der Waals surface area (Å²) < 4.78 is 0. The number of nitrogens with one attached hydrogen (secondary N) is 1. The zero-order chi connectivity index (χ0) is 15.7. The standard InChI is InChI=1S/C16H24N4O2/c1-11-9-17-18-15(11)14-5-8-20(10-14)16(22)13-3-6-19(7-4-13)12(2)21/h9,13-14H,3-8,10H2,1-2H3,(H,17,18). The van der Waals surface area contributed by atoms with Gasteiger partial charge in [0.05, 0.1) is 6.20 Å². The number of rotatable bonds is 2. The number of carbonyl (C=O) groups is 2. The molecule has 1 unspecified atom stereocenters. The second-order valence-electron chi connectivity index (χ2n) is 6.52. The third kappa shape index (κ3) is 2.87. The van der Waals surface area contributed by atoms with Gasteiger partial charge < -0.3 is 9.80 Å². The number of aromatic amines is 1. The van der Waals surface area contributed by atoms with E-state index in [1.165, 1.54) is 11.3 Å². The summed E-state index contributed by atoms with van der Waals surface area (Å²) >= 11 is 0. The second-order valence-corrected chi connectivity index (χ2v) is 6.52. The van der Waals surface area contributed by atoms with Crippen LogP contribution in [0.3, 0.4) is 0 Å². The van der Waals surface area contributed by atoms with Crippen molar-refractivity contribution in [2.75, 3.05) is 26.2 Å². The maximum Gasteiger partial charge on any atom is 0.225 e. The number of amides is 2. The summed E-state index contributed by atoms with van der Waals surface area (Å²) in [4.78, 5) is 27.9. The number of likely N-dealkylation sites (tertiary alicyclic amines) is 2. The fraction of sp³-hybridized carbons (Fsp3) is 0.688. The van der Waals surface area contributed by atoms with E-state index in [1.807, 2.05) is 16.0 Å². The van der Waals surface area contributed by atoms with Gasteiger partial charge in [-0.3, -0.25) is 14.7 Å². The van der Waals surface area contributed by atoms with Gasteiger partial charge in [0, 0.05) is 50.6 Å². The largest absolute Gasteiger partial charge is 0.343 e. The van der Waals surface area contributed by atoms with Crippen LogP contribution in [0.15, 0.2) is 6.20 Å². The van der Waals surface area contributed by atoms with Crippen LogP contribution in [0.4, 0.5) is 0 Å². The summed E-state index contributed by atoms with van der Waals surface area (Å²) in [5, 5.41) is 7.16. The highest BCUT2D eigenvalue weighted by molar-refractivity contribution is 5.80. The van der Waals surface area contributed by atoms with E-state index in [1.54, 1.807) is 6.92 Å². The molecular formula is C16H24N4O2. The highest BCUT2D eigenvalue weighted by Crippen LogP contribution is 2.30. The highest BCUT2D eigenvalue weighted by atomic mass is 16.2. The van der Waals surface area contributed by atoms with Crippen molar-refractivity contribution in [3.63, 3.8) is 0 Å². The second kappa shape index (κ2) is 6.10. The lowest BCUT2D eigenvalue weighted by atomic mass is 9.95. The normalized spacial score (nSPS) is 23.1. The maximum atomic E-state index is 12.7. The van der Waals surface area contributed by atoms with Crippen molar-refractivity contribution in [1.29, 1.82) is 0 Å². The van der Waals surface area contributed by atoms with E-state index in [4.69, 9.17) is 0 Å². The molecule has 2 aliphatic rings. The zero-order valence-corrected chi connectivity index (χ0v) is 13.3. The lowest BCUT2D eigenvalue weighted by molar-refractivity contribution is -0.139. The molecule has 6 heteroatoms. The molecule has 0 aromatic carbocycles. The van der Waals surface area contributed by atoms with E-state index in [0.717, 1.165) is 32.4 Å². The van der Waals surface area contributed by atoms with Crippen LogP contribution in [0.25, 0.3) is 0 Å². The Kier molecular flexibility index (Phi) is 4.18. The van der Waals surface area contributed by atoms with Gasteiger partial charge in [-0.2, -0.15) is 5.10 Å². The Labute approximate surface area is 130 Å². The summed E-state index contributed by atoms with van der Waals surface area (Å²) in [6.07, 6.45) is 4.43. The molecule has 2 fully saturated rings. The van der Waals surface area contributed by atoms with Gasteiger partial charge in [0.25, 0.3) is 0 Å². The van der Waals surface area contributed by atoms with Crippen molar-refractivity contribution in [3.8, 4) is 0 Å². The van der Waals surface area contributed by atoms with Gasteiger partial charge >= 0.3 is 0 Å². The number of piperidine rings is 1. The van der Waals surface area contributed by atoms with Crippen molar-refractivity contribution < 1.29 is 9.59 Å². The number of hydrogen-bond acceptors (Lipinski definition) is 3. The van der Waals surface area contributed by atoms with Crippen LogP contribution in [-0.4, -0.2) is 58.0 Å². The molecule has 120 valence electrons. The Hall–Kier alpha value is -1.85. The van der Waals surface area contributed by atoms with Crippen molar-refractivity contribution >= 4 is 11.8 Å². The van der Waals surface area contributed by atoms with Gasteiger partial charge in [-0.05, 0) is 31.7 Å². The molecule has 0 saturated carbocycles. The first-order valence-electron chi connectivity index (χ1n) is 8.10. The minimum Gasteiger partial charge on any atom is -0.343 e. The van der Waals surface area contributed by atoms with E-state index < -0.39 is 0 Å². The van der Waals surface area contributed by atoms with Crippen LogP contribution in [0.1, 0.15) is 43.4 Å². The van der Waals surface area contributed by atoms with Gasteiger partial charge in [0.15, 0.2) is 0 Å². The van der Waals surface area contributed by atoms with E-state index in [9.17, 15) is 9.59 Å². The number of carbonyl (C=O) groups excluding carboxylic acids is 2. The molecule has 0 bridgehead atoms. The molecule has 2 amide bonds. The van der Waals surface area contributed by atoms with Gasteiger partial charge in [0.1, 0.15) is 0 Å². The third-order valence-corrected chi connectivity index (χ3v) is 5.07. The molecule has 1 N–H and O–H groups in total. The van der Waals surface area contributed by atoms with Crippen molar-refractivity contribution in [2.24, 2.45) is 5.92 Å². The smallest absolute Gasteiger partial charge is 0.225 e. The first-order valence-corrected chi connectivity index (χ1v) is 8.10. The summed E-state index contributed by atoms with van der Waals surface area (Å²) in [6, 6.07) is 0. The lowest BCUT2D eigenvalue weighted by Gasteiger charge is -2.32. The minimum absolute atomic E-state index is 0.0808. The minimum atomic E-state index is 0.0808. The van der Waals surface area contributed by atoms with E-state index in [-0.39, 0.29) is 17.7 Å². The molecule has 22 heavy (non-hydrogen) atoms. The number of aromatic nitrogens is 2. The molecular weight excluding hydrogens is 280 g/mol. The predicted molar refractivity (Wildman–Crippen MR) is 82.2 cm³/mol. The monoisotopic (exact) mass is 304 g/mol. The molecule has 0 spiro atoms. The topological polar surface area (TPSA) is 69.3 Å². The number of aryl methyl sites for hydroxylation is 1. The van der Waals surface area contributed by atoms with E-state index in [2.05, 4.69) is 17.1 Å². The molecule has 3 heterocycles. The van der Waals surface area contributed by atoms with Crippen molar-refractivity contribution in [3.05, 3.63) is 17.5 Å². The van der Waals surface area contributed by atoms with Gasteiger partial charge in [-0.15, -0.1) is 0 Å². The fourth-order valence-corrected chi connectivity index (χ4v) is 3.67. The first kappa shape index (κ1) is 15.1. The third-order valence-electron chi connectivity index (χ3n) is 5.07. The Bertz CT molecular complexity index is 560. The summed E-state index contributed by atoms with van der Waals surface area (Å²) in [6.45, 7) is 6.69. The van der Waals surface area contributed by atoms with Crippen molar-refractivity contribution in [1.82, 2.24) is 20.0 Å². The summed E-state index contributed by atoms with van der Waals surface area (Å²) in [7, 11) is 0. The number of hydrogen-bond donors (Lipinski definition) is 1. The Morgan fingerprint density at radius 1 is 1.18 bits per heavy atom. The fourth-order valence-electron chi connectivity index (χ4n) is 3.67. The summed E-state index contributed by atoms with van der Waals surface area (Å²) in [5.74, 6) is 0.839. The average Bonchev–Trinajstić information content (AvgIpc) is 3.15. The molecule has 2 aliphatic heterocycles. The molecule has 1 aromatic rings. The van der Waals surface area contributed by atoms with Crippen LogP contribution >= 0.6 is 0 Å². The number of H-pyrrole nitrogens is 1. The molecule has 2 saturated heterocycles. The Morgan fingerprint density at radius 3 is 2.45 bits per heavy atom. The SMILES string of the molecule is CC(=O)N1CCC(C(=O)N2CCC(c3[nH]ncc3C)C2)CC1. The van der Waals surface area contributed by atoms with E-state index in [0.29, 0.717) is 19.0 Å². The Morgan fingerprint density at radius 2 is 1.86 bits per heavy atom.